The van der Waals surface area contributed by atoms with Crippen molar-refractivity contribution in [2.45, 2.75) is 25.4 Å². The van der Waals surface area contributed by atoms with E-state index < -0.39 is 6.10 Å². The molecule has 1 amide bonds. The smallest absolute Gasteiger partial charge is 0.225 e. The molecule has 0 unspecified atom stereocenters. The fraction of sp³-hybridized carbons (Fsp3) is 0.571. The topological polar surface area (TPSA) is 62.2 Å². The highest BCUT2D eigenvalue weighted by molar-refractivity contribution is 5.78. The van der Waals surface area contributed by atoms with Gasteiger partial charge in [-0.3, -0.25) is 4.79 Å². The molecule has 0 spiro atoms. The lowest BCUT2D eigenvalue weighted by Gasteiger charge is -2.33. The van der Waals surface area contributed by atoms with E-state index in [0.717, 1.165) is 37.9 Å². The van der Waals surface area contributed by atoms with Gasteiger partial charge < -0.3 is 24.4 Å². The number of rotatable bonds is 9. The van der Waals surface area contributed by atoms with Crippen LogP contribution in [0.25, 0.3) is 0 Å². The molecule has 0 aliphatic carbocycles. The molecule has 0 aromatic heterocycles. The predicted molar refractivity (Wildman–Crippen MR) is 106 cm³/mol. The van der Waals surface area contributed by atoms with Crippen molar-refractivity contribution in [3.05, 3.63) is 36.4 Å². The number of hydrogen-bond donors (Lipinski definition) is 1. The maximum atomic E-state index is 12.0. The molecule has 0 radical (unpaired) electrons. The maximum Gasteiger partial charge on any atom is 0.225 e. The molecule has 1 heterocycles. The Balaban J connectivity index is 1.79. The Morgan fingerprint density at radius 3 is 2.67 bits per heavy atom. The highest BCUT2D eigenvalue weighted by Gasteiger charge is 2.27. The molecule has 1 aromatic carbocycles. The molecule has 6 heteroatoms. The summed E-state index contributed by atoms with van der Waals surface area (Å²) in [5.41, 5.74) is 1.10. The highest BCUT2D eigenvalue weighted by atomic mass is 16.5. The zero-order valence-electron chi connectivity index (χ0n) is 16.7. The number of benzene rings is 1. The molecular formula is C21H32N2O4. The number of likely N-dealkylation sites (tertiary alicyclic amines) is 1. The van der Waals surface area contributed by atoms with Gasteiger partial charge in [0.25, 0.3) is 0 Å². The molecule has 0 bridgehead atoms. The predicted octanol–water partition coefficient (Wildman–Crippen LogP) is 1.96. The molecule has 1 atom stereocenters. The summed E-state index contributed by atoms with van der Waals surface area (Å²) in [7, 11) is 5.21. The van der Waals surface area contributed by atoms with Crippen molar-refractivity contribution in [1.82, 2.24) is 9.80 Å². The maximum absolute atomic E-state index is 12.0. The zero-order chi connectivity index (χ0) is 19.8. The van der Waals surface area contributed by atoms with Gasteiger partial charge in [-0.05, 0) is 50.0 Å². The molecule has 0 saturated carbocycles. The van der Waals surface area contributed by atoms with Crippen LogP contribution >= 0.6 is 0 Å². The summed E-state index contributed by atoms with van der Waals surface area (Å²) < 4.78 is 11.1. The second-order valence-corrected chi connectivity index (χ2v) is 7.25. The molecule has 150 valence electrons. The van der Waals surface area contributed by atoms with Crippen molar-refractivity contribution < 1.29 is 19.4 Å². The number of allylic oxidation sites excluding steroid dienone is 1. The standard InChI is InChI=1S/C21H32N2O4/c1-5-6-16-7-8-19(20(13-16)26-4)27-15-18(24)14-23-11-9-17(10-12-23)21(25)22(2)3/h5,7-8,13,17-18,24H,1,6,9-12,14-15H2,2-4H3/t18-/m0/s1. The second kappa shape index (κ2) is 10.3. The van der Waals surface area contributed by atoms with Gasteiger partial charge in [0.15, 0.2) is 11.5 Å². The molecule has 6 nitrogen and oxygen atoms in total. The Hall–Kier alpha value is -2.05. The molecule has 1 fully saturated rings. The number of aliphatic hydroxyl groups is 1. The summed E-state index contributed by atoms with van der Waals surface area (Å²) in [6.45, 7) is 6.12. The van der Waals surface area contributed by atoms with Crippen LogP contribution < -0.4 is 9.47 Å². The third-order valence-electron chi connectivity index (χ3n) is 4.89. The molecular weight excluding hydrogens is 344 g/mol. The summed E-state index contributed by atoms with van der Waals surface area (Å²) in [5.74, 6) is 1.58. The quantitative estimate of drug-likeness (QED) is 0.668. The van der Waals surface area contributed by atoms with Crippen molar-refractivity contribution in [3.63, 3.8) is 0 Å². The van der Waals surface area contributed by atoms with Crippen LogP contribution in [0.15, 0.2) is 30.9 Å². The first-order valence-corrected chi connectivity index (χ1v) is 9.46. The zero-order valence-corrected chi connectivity index (χ0v) is 16.7. The average Bonchev–Trinajstić information content (AvgIpc) is 2.67. The molecule has 1 saturated heterocycles. The minimum Gasteiger partial charge on any atom is -0.493 e. The number of nitrogens with zero attached hydrogens (tertiary/aromatic N) is 2. The van der Waals surface area contributed by atoms with Gasteiger partial charge in [-0.15, -0.1) is 6.58 Å². The van der Waals surface area contributed by atoms with E-state index >= 15 is 0 Å². The van der Waals surface area contributed by atoms with E-state index in [0.29, 0.717) is 18.0 Å². The van der Waals surface area contributed by atoms with Gasteiger partial charge in [-0.1, -0.05) is 12.1 Å². The fourth-order valence-corrected chi connectivity index (χ4v) is 3.39. The van der Waals surface area contributed by atoms with E-state index in [1.54, 1.807) is 26.1 Å². The first-order valence-electron chi connectivity index (χ1n) is 9.46. The number of aliphatic hydroxyl groups excluding tert-OH is 1. The highest BCUT2D eigenvalue weighted by Crippen LogP contribution is 2.28. The monoisotopic (exact) mass is 376 g/mol. The van der Waals surface area contributed by atoms with E-state index in [9.17, 15) is 9.90 Å². The van der Waals surface area contributed by atoms with Crippen LogP contribution in [0.1, 0.15) is 18.4 Å². The van der Waals surface area contributed by atoms with Gasteiger partial charge in [0.2, 0.25) is 5.91 Å². The van der Waals surface area contributed by atoms with Gasteiger partial charge in [0.05, 0.1) is 7.11 Å². The first-order chi connectivity index (χ1) is 12.9. The number of carbonyl (C=O) groups excluding carboxylic acids is 1. The van der Waals surface area contributed by atoms with Gasteiger partial charge in [-0.25, -0.2) is 0 Å². The molecule has 2 rings (SSSR count). The van der Waals surface area contributed by atoms with Crippen molar-refractivity contribution >= 4 is 5.91 Å². The second-order valence-electron chi connectivity index (χ2n) is 7.25. The van der Waals surface area contributed by atoms with Crippen LogP contribution in [0, 0.1) is 5.92 Å². The first kappa shape index (κ1) is 21.3. The van der Waals surface area contributed by atoms with Gasteiger partial charge in [0, 0.05) is 26.6 Å². The largest absolute Gasteiger partial charge is 0.493 e. The van der Waals surface area contributed by atoms with Crippen molar-refractivity contribution in [1.29, 1.82) is 0 Å². The van der Waals surface area contributed by atoms with E-state index in [1.807, 2.05) is 24.3 Å². The summed E-state index contributed by atoms with van der Waals surface area (Å²) in [6.07, 6.45) is 3.69. The number of piperidine rings is 1. The van der Waals surface area contributed by atoms with E-state index in [4.69, 9.17) is 9.47 Å². The normalized spacial score (nSPS) is 16.6. The molecule has 1 N–H and O–H groups in total. The molecule has 1 aliphatic rings. The number of amides is 1. The van der Waals surface area contributed by atoms with Crippen molar-refractivity contribution in [2.75, 3.05) is 47.4 Å². The fourth-order valence-electron chi connectivity index (χ4n) is 3.39. The summed E-state index contributed by atoms with van der Waals surface area (Å²) in [4.78, 5) is 15.9. The lowest BCUT2D eigenvalue weighted by molar-refractivity contribution is -0.134. The van der Waals surface area contributed by atoms with E-state index in [-0.39, 0.29) is 18.4 Å². The Bertz CT molecular complexity index is 625. The van der Waals surface area contributed by atoms with Gasteiger partial charge in [-0.2, -0.15) is 0 Å². The number of methoxy groups -OCH3 is 1. The summed E-state index contributed by atoms with van der Waals surface area (Å²) in [5, 5.41) is 10.3. The lowest BCUT2D eigenvalue weighted by atomic mass is 9.95. The van der Waals surface area contributed by atoms with E-state index in [1.165, 1.54) is 0 Å². The van der Waals surface area contributed by atoms with Crippen LogP contribution in [-0.2, 0) is 11.2 Å². The van der Waals surface area contributed by atoms with Crippen LogP contribution in [-0.4, -0.2) is 74.4 Å². The minimum absolute atomic E-state index is 0.1000. The summed E-state index contributed by atoms with van der Waals surface area (Å²) in [6, 6.07) is 5.76. The number of hydrogen-bond acceptors (Lipinski definition) is 5. The Morgan fingerprint density at radius 2 is 2.07 bits per heavy atom. The van der Waals surface area contributed by atoms with Crippen LogP contribution in [0.2, 0.25) is 0 Å². The van der Waals surface area contributed by atoms with Gasteiger partial charge >= 0.3 is 0 Å². The third-order valence-corrected chi connectivity index (χ3v) is 4.89. The van der Waals surface area contributed by atoms with Crippen molar-refractivity contribution in [2.24, 2.45) is 5.92 Å². The van der Waals surface area contributed by atoms with Crippen LogP contribution in [0.5, 0.6) is 11.5 Å². The Labute approximate surface area is 162 Å². The third kappa shape index (κ3) is 6.26. The molecule has 27 heavy (non-hydrogen) atoms. The SMILES string of the molecule is C=CCc1ccc(OC[C@@H](O)CN2CCC(C(=O)N(C)C)CC2)c(OC)c1. The van der Waals surface area contributed by atoms with E-state index in [2.05, 4.69) is 11.5 Å². The van der Waals surface area contributed by atoms with Crippen LogP contribution in [0.4, 0.5) is 0 Å². The average molecular weight is 376 g/mol. The number of carbonyl (C=O) groups is 1. The molecule has 1 aliphatic heterocycles. The number of β-amino-alcohol motifs (C(OH)–C–C–N with tert-alkyl or cyclic N) is 1. The van der Waals surface area contributed by atoms with Crippen LogP contribution in [0.3, 0.4) is 0 Å². The minimum atomic E-state index is -0.594. The Kier molecular flexibility index (Phi) is 8.13. The number of ether oxygens (including phenoxy) is 2. The summed E-state index contributed by atoms with van der Waals surface area (Å²) >= 11 is 0. The lowest BCUT2D eigenvalue weighted by Crippen LogP contribution is -2.43. The molecule has 1 aromatic rings. The van der Waals surface area contributed by atoms with Gasteiger partial charge in [0.1, 0.15) is 12.7 Å². The Morgan fingerprint density at radius 1 is 1.37 bits per heavy atom. The van der Waals surface area contributed by atoms with Crippen molar-refractivity contribution in [3.8, 4) is 11.5 Å².